The van der Waals surface area contributed by atoms with Gasteiger partial charge in [0.05, 0.1) is 13.2 Å². The quantitative estimate of drug-likeness (QED) is 0.465. The maximum atomic E-state index is 11.5. The Morgan fingerprint density at radius 3 is 2.43 bits per heavy atom. The third kappa shape index (κ3) is 4.83. The van der Waals surface area contributed by atoms with Crippen LogP contribution in [-0.2, 0) is 14.3 Å². The van der Waals surface area contributed by atoms with Gasteiger partial charge in [0.2, 0.25) is 5.91 Å². The zero-order valence-electron chi connectivity index (χ0n) is 13.0. The van der Waals surface area contributed by atoms with Crippen LogP contribution in [0.25, 0.3) is 0 Å². The summed E-state index contributed by atoms with van der Waals surface area (Å²) in [6.07, 6.45) is 9.47. The zero-order chi connectivity index (χ0) is 15.1. The minimum absolute atomic E-state index is 0.0433. The summed E-state index contributed by atoms with van der Waals surface area (Å²) in [6.45, 7) is 3.81. The fraction of sp³-hybridized carbons (Fsp3) is 0.938. The van der Waals surface area contributed by atoms with Gasteiger partial charge in [0, 0.05) is 12.0 Å². The highest BCUT2D eigenvalue weighted by molar-refractivity contribution is 6.30. The molecule has 4 nitrogen and oxygen atoms in total. The number of hydrogen-bond donors (Lipinski definition) is 1. The Labute approximate surface area is 132 Å². The number of nitrogens with one attached hydrogen (secondary N) is 1. The molecule has 1 unspecified atom stereocenters. The van der Waals surface area contributed by atoms with Crippen molar-refractivity contribution in [3.63, 3.8) is 0 Å². The number of amides is 1. The molecule has 0 bridgehead atoms. The molecular weight excluding hydrogens is 290 g/mol. The molecule has 1 heterocycles. The number of carbonyl (C=O) groups is 1. The molecule has 0 aromatic rings. The fourth-order valence-electron chi connectivity index (χ4n) is 3.54. The monoisotopic (exact) mass is 317 g/mol. The highest BCUT2D eigenvalue weighted by Gasteiger charge is 2.41. The van der Waals surface area contributed by atoms with Gasteiger partial charge in [-0.15, -0.1) is 11.6 Å². The van der Waals surface area contributed by atoms with Crippen molar-refractivity contribution in [3.05, 3.63) is 0 Å². The zero-order valence-corrected chi connectivity index (χ0v) is 13.8. The summed E-state index contributed by atoms with van der Waals surface area (Å²) in [5.74, 6) is -0.0834. The molecule has 2 fully saturated rings. The second kappa shape index (κ2) is 8.35. The number of carbonyl (C=O) groups excluding carboxylic acids is 1. The van der Waals surface area contributed by atoms with E-state index in [4.69, 9.17) is 21.1 Å². The van der Waals surface area contributed by atoms with E-state index in [0.717, 1.165) is 12.8 Å². The minimum Gasteiger partial charge on any atom is -0.355 e. The number of ether oxygens (including phenoxy) is 2. The summed E-state index contributed by atoms with van der Waals surface area (Å²) in [7, 11) is 0. The van der Waals surface area contributed by atoms with E-state index in [1.165, 1.54) is 38.5 Å². The van der Waals surface area contributed by atoms with Crippen molar-refractivity contribution >= 4 is 17.5 Å². The molecule has 5 heteroatoms. The summed E-state index contributed by atoms with van der Waals surface area (Å²) in [6, 6.07) is 0. The van der Waals surface area contributed by atoms with Gasteiger partial charge in [-0.25, -0.2) is 0 Å². The van der Waals surface area contributed by atoms with Gasteiger partial charge in [-0.05, 0) is 32.6 Å². The topological polar surface area (TPSA) is 47.6 Å². The molecule has 0 aromatic carbocycles. The lowest BCUT2D eigenvalue weighted by Gasteiger charge is -2.37. The van der Waals surface area contributed by atoms with E-state index in [1.807, 2.05) is 0 Å². The predicted molar refractivity (Wildman–Crippen MR) is 83.4 cm³/mol. The molecule has 1 saturated carbocycles. The summed E-state index contributed by atoms with van der Waals surface area (Å²) >= 11 is 5.76. The highest BCUT2D eigenvalue weighted by atomic mass is 35.5. The van der Waals surface area contributed by atoms with Gasteiger partial charge in [-0.1, -0.05) is 25.7 Å². The van der Waals surface area contributed by atoms with Gasteiger partial charge in [0.15, 0.2) is 6.29 Å². The van der Waals surface area contributed by atoms with Crippen LogP contribution >= 0.6 is 11.6 Å². The number of alkyl halides is 1. The first kappa shape index (κ1) is 17.0. The molecule has 1 atom stereocenters. The molecule has 1 N–H and O–H groups in total. The maximum absolute atomic E-state index is 11.5. The van der Waals surface area contributed by atoms with E-state index in [-0.39, 0.29) is 17.6 Å². The Morgan fingerprint density at radius 1 is 1.24 bits per heavy atom. The highest BCUT2D eigenvalue weighted by Crippen LogP contribution is 2.44. The first-order valence-corrected chi connectivity index (χ1v) is 8.73. The molecular formula is C16H28ClNO3. The fourth-order valence-corrected chi connectivity index (χ4v) is 3.62. The second-order valence-corrected chi connectivity index (χ2v) is 7.02. The van der Waals surface area contributed by atoms with Crippen LogP contribution in [0.5, 0.6) is 0 Å². The number of halogens is 1. The van der Waals surface area contributed by atoms with Crippen LogP contribution in [0.2, 0.25) is 0 Å². The van der Waals surface area contributed by atoms with Crippen LogP contribution in [0, 0.1) is 5.41 Å². The molecule has 21 heavy (non-hydrogen) atoms. The van der Waals surface area contributed by atoms with Crippen LogP contribution in [-0.4, -0.2) is 37.3 Å². The van der Waals surface area contributed by atoms with Crippen LogP contribution < -0.4 is 5.32 Å². The molecule has 1 saturated heterocycles. The van der Waals surface area contributed by atoms with E-state index < -0.39 is 5.38 Å². The summed E-state index contributed by atoms with van der Waals surface area (Å²) in [4.78, 5) is 11.5. The van der Waals surface area contributed by atoms with Gasteiger partial charge >= 0.3 is 0 Å². The van der Waals surface area contributed by atoms with Gasteiger partial charge < -0.3 is 14.8 Å². The Balaban J connectivity index is 1.85. The van der Waals surface area contributed by atoms with Gasteiger partial charge in [-0.3, -0.25) is 4.79 Å². The Hall–Kier alpha value is -0.320. The molecule has 2 rings (SSSR count). The van der Waals surface area contributed by atoms with Crippen LogP contribution in [0.4, 0.5) is 0 Å². The molecule has 1 aliphatic heterocycles. The van der Waals surface area contributed by atoms with Crippen molar-refractivity contribution in [2.24, 2.45) is 5.41 Å². The number of rotatable bonds is 6. The van der Waals surface area contributed by atoms with E-state index >= 15 is 0 Å². The van der Waals surface area contributed by atoms with Crippen LogP contribution in [0.3, 0.4) is 0 Å². The van der Waals surface area contributed by atoms with Crippen LogP contribution in [0.1, 0.15) is 58.3 Å². The molecule has 0 spiro atoms. The van der Waals surface area contributed by atoms with Crippen molar-refractivity contribution in [3.8, 4) is 0 Å². The minimum atomic E-state index is -0.460. The van der Waals surface area contributed by atoms with Crippen molar-refractivity contribution < 1.29 is 14.3 Å². The normalized spacial score (nSPS) is 24.5. The average Bonchev–Trinajstić information content (AvgIpc) is 2.91. The maximum Gasteiger partial charge on any atom is 0.237 e. The second-order valence-electron chi connectivity index (χ2n) is 6.36. The standard InChI is InChI=1S/C16H28ClNO3/c1-13(17)14(19)18-10-6-9-16(15-20-11-12-21-15)7-4-2-3-5-8-16/h13,15H,2-12H2,1H3,(H,18,19). The van der Waals surface area contributed by atoms with Gasteiger partial charge in [0.25, 0.3) is 0 Å². The molecule has 122 valence electrons. The van der Waals surface area contributed by atoms with Gasteiger partial charge in [0.1, 0.15) is 5.38 Å². The number of hydrogen-bond acceptors (Lipinski definition) is 3. The first-order valence-electron chi connectivity index (χ1n) is 8.29. The third-order valence-corrected chi connectivity index (χ3v) is 4.93. The molecule has 0 aromatic heterocycles. The van der Waals surface area contributed by atoms with E-state index in [9.17, 15) is 4.79 Å². The molecule has 1 amide bonds. The Kier molecular flexibility index (Phi) is 6.77. The lowest BCUT2D eigenvalue weighted by Crippen LogP contribution is -2.37. The predicted octanol–water partition coefficient (Wildman–Crippen LogP) is 3.22. The lowest BCUT2D eigenvalue weighted by atomic mass is 9.75. The smallest absolute Gasteiger partial charge is 0.237 e. The molecule has 1 aliphatic carbocycles. The average molecular weight is 318 g/mol. The third-order valence-electron chi connectivity index (χ3n) is 4.73. The largest absolute Gasteiger partial charge is 0.355 e. The van der Waals surface area contributed by atoms with E-state index in [2.05, 4.69) is 5.32 Å². The van der Waals surface area contributed by atoms with Crippen molar-refractivity contribution in [2.45, 2.75) is 70.0 Å². The Morgan fingerprint density at radius 2 is 1.86 bits per heavy atom. The van der Waals surface area contributed by atoms with Crippen LogP contribution in [0.15, 0.2) is 0 Å². The first-order chi connectivity index (χ1) is 10.1. The van der Waals surface area contributed by atoms with Gasteiger partial charge in [-0.2, -0.15) is 0 Å². The Bertz CT molecular complexity index is 321. The van der Waals surface area contributed by atoms with Crippen molar-refractivity contribution in [1.82, 2.24) is 5.32 Å². The summed E-state index contributed by atoms with van der Waals surface area (Å²) in [5, 5.41) is 2.43. The molecule has 0 radical (unpaired) electrons. The summed E-state index contributed by atoms with van der Waals surface area (Å²) in [5.41, 5.74) is 0.143. The van der Waals surface area contributed by atoms with Crippen molar-refractivity contribution in [2.75, 3.05) is 19.8 Å². The summed E-state index contributed by atoms with van der Waals surface area (Å²) < 4.78 is 11.7. The van der Waals surface area contributed by atoms with Crippen molar-refractivity contribution in [1.29, 1.82) is 0 Å². The molecule has 2 aliphatic rings. The lowest BCUT2D eigenvalue weighted by molar-refractivity contribution is -0.143. The SMILES string of the molecule is CC(Cl)C(=O)NCCCC1(C2OCCO2)CCCCCC1. The van der Waals surface area contributed by atoms with E-state index in [1.54, 1.807) is 6.92 Å². The van der Waals surface area contributed by atoms with E-state index in [0.29, 0.717) is 19.8 Å².